The average Bonchev–Trinajstić information content (AvgIpc) is 3.24. The van der Waals surface area contributed by atoms with Gasteiger partial charge >= 0.3 is 0 Å². The van der Waals surface area contributed by atoms with Crippen LogP contribution in [0.2, 0.25) is 0 Å². The van der Waals surface area contributed by atoms with Crippen LogP contribution < -0.4 is 5.32 Å². The van der Waals surface area contributed by atoms with Gasteiger partial charge in [-0.25, -0.2) is 0 Å². The van der Waals surface area contributed by atoms with Crippen molar-refractivity contribution < 1.29 is 4.42 Å². The van der Waals surface area contributed by atoms with Crippen molar-refractivity contribution in [3.63, 3.8) is 0 Å². The first-order valence-corrected chi connectivity index (χ1v) is 7.86. The zero-order valence-corrected chi connectivity index (χ0v) is 13.0. The maximum atomic E-state index is 6.11. The zero-order valence-electron chi connectivity index (χ0n) is 11.4. The SMILES string of the molecule is Cc1c(CNC2CC2)oc2c(Br)c3ccccc3cc12. The Balaban J connectivity index is 1.88. The molecule has 3 heteroatoms. The van der Waals surface area contributed by atoms with E-state index in [1.54, 1.807) is 0 Å². The zero-order chi connectivity index (χ0) is 13.7. The molecule has 1 N–H and O–H groups in total. The molecule has 1 saturated carbocycles. The van der Waals surface area contributed by atoms with Crippen LogP contribution in [0.5, 0.6) is 0 Å². The fourth-order valence-electron chi connectivity index (χ4n) is 2.71. The van der Waals surface area contributed by atoms with Crippen LogP contribution in [-0.4, -0.2) is 6.04 Å². The molecule has 0 bridgehead atoms. The van der Waals surface area contributed by atoms with Crippen LogP contribution in [-0.2, 0) is 6.54 Å². The number of aryl methyl sites for hydroxylation is 1. The molecule has 0 saturated heterocycles. The highest BCUT2D eigenvalue weighted by Crippen LogP contribution is 2.37. The first kappa shape index (κ1) is 12.4. The standard InChI is InChI=1S/C17H16BrNO/c1-10-14-8-11-4-2-3-5-13(11)16(18)17(14)20-15(10)9-19-12-6-7-12/h2-5,8,12,19H,6-7,9H2,1H3. The van der Waals surface area contributed by atoms with E-state index in [2.05, 4.69) is 58.5 Å². The number of fused-ring (bicyclic) bond motifs is 2. The van der Waals surface area contributed by atoms with E-state index in [1.165, 1.54) is 34.6 Å². The second-order valence-electron chi connectivity index (χ2n) is 5.59. The lowest BCUT2D eigenvalue weighted by atomic mass is 10.1. The van der Waals surface area contributed by atoms with E-state index in [0.29, 0.717) is 6.04 Å². The smallest absolute Gasteiger partial charge is 0.149 e. The summed E-state index contributed by atoms with van der Waals surface area (Å²) in [4.78, 5) is 0. The predicted molar refractivity (Wildman–Crippen MR) is 86.0 cm³/mol. The molecule has 0 atom stereocenters. The molecule has 20 heavy (non-hydrogen) atoms. The highest BCUT2D eigenvalue weighted by molar-refractivity contribution is 9.10. The molecule has 0 amide bonds. The molecular weight excluding hydrogens is 314 g/mol. The van der Waals surface area contributed by atoms with Crippen LogP contribution in [0.15, 0.2) is 39.2 Å². The highest BCUT2D eigenvalue weighted by atomic mass is 79.9. The molecule has 3 aromatic rings. The molecular formula is C17H16BrNO. The summed E-state index contributed by atoms with van der Waals surface area (Å²) in [5.41, 5.74) is 2.22. The van der Waals surface area contributed by atoms with Gasteiger partial charge in [-0.2, -0.15) is 0 Å². The molecule has 0 unspecified atom stereocenters. The number of rotatable bonds is 3. The molecule has 102 valence electrons. The third kappa shape index (κ3) is 1.97. The quantitative estimate of drug-likeness (QED) is 0.738. The topological polar surface area (TPSA) is 25.2 Å². The number of benzene rings is 2. The number of hydrogen-bond acceptors (Lipinski definition) is 2. The summed E-state index contributed by atoms with van der Waals surface area (Å²) < 4.78 is 7.17. The lowest BCUT2D eigenvalue weighted by molar-refractivity contribution is 0.508. The van der Waals surface area contributed by atoms with E-state index in [0.717, 1.165) is 22.4 Å². The Hall–Kier alpha value is -1.32. The van der Waals surface area contributed by atoms with Crippen LogP contribution in [0.25, 0.3) is 21.7 Å². The van der Waals surface area contributed by atoms with Gasteiger partial charge < -0.3 is 9.73 Å². The van der Waals surface area contributed by atoms with Gasteiger partial charge in [0.2, 0.25) is 0 Å². The molecule has 1 heterocycles. The van der Waals surface area contributed by atoms with E-state index >= 15 is 0 Å². The Morgan fingerprint density at radius 2 is 2.05 bits per heavy atom. The third-order valence-corrected chi connectivity index (χ3v) is 4.90. The minimum absolute atomic E-state index is 0.699. The van der Waals surface area contributed by atoms with E-state index in [4.69, 9.17) is 4.42 Å². The number of halogens is 1. The van der Waals surface area contributed by atoms with Gasteiger partial charge in [0.05, 0.1) is 11.0 Å². The second-order valence-corrected chi connectivity index (χ2v) is 6.39. The summed E-state index contributed by atoms with van der Waals surface area (Å²) in [7, 11) is 0. The van der Waals surface area contributed by atoms with Gasteiger partial charge in [0, 0.05) is 11.4 Å². The Morgan fingerprint density at radius 3 is 2.85 bits per heavy atom. The van der Waals surface area contributed by atoms with Crippen LogP contribution in [0.4, 0.5) is 0 Å². The van der Waals surface area contributed by atoms with Crippen molar-refractivity contribution in [2.24, 2.45) is 0 Å². The fraction of sp³-hybridized carbons (Fsp3) is 0.294. The summed E-state index contributed by atoms with van der Waals surface area (Å²) >= 11 is 3.71. The monoisotopic (exact) mass is 329 g/mol. The van der Waals surface area contributed by atoms with E-state index in [-0.39, 0.29) is 0 Å². The molecule has 1 aliphatic rings. The van der Waals surface area contributed by atoms with Crippen LogP contribution in [0.1, 0.15) is 24.2 Å². The Bertz CT molecular complexity index is 801. The van der Waals surface area contributed by atoms with Gasteiger partial charge in [-0.15, -0.1) is 0 Å². The Labute approximate surface area is 126 Å². The van der Waals surface area contributed by atoms with Crippen molar-refractivity contribution in [1.82, 2.24) is 5.32 Å². The van der Waals surface area contributed by atoms with Gasteiger partial charge in [0.15, 0.2) is 0 Å². The molecule has 0 radical (unpaired) electrons. The molecule has 2 nitrogen and oxygen atoms in total. The summed E-state index contributed by atoms with van der Waals surface area (Å²) in [5, 5.41) is 7.19. The average molecular weight is 330 g/mol. The summed E-state index contributed by atoms with van der Waals surface area (Å²) in [5.74, 6) is 1.06. The fourth-order valence-corrected chi connectivity index (χ4v) is 3.36. The van der Waals surface area contributed by atoms with Crippen molar-refractivity contribution in [3.8, 4) is 0 Å². The van der Waals surface area contributed by atoms with Gasteiger partial charge in [-0.1, -0.05) is 24.3 Å². The molecule has 0 aliphatic heterocycles. The number of hydrogen-bond donors (Lipinski definition) is 1. The third-order valence-electron chi connectivity index (χ3n) is 4.12. The van der Waals surface area contributed by atoms with E-state index < -0.39 is 0 Å². The summed E-state index contributed by atoms with van der Waals surface area (Å²) in [6.45, 7) is 2.98. The van der Waals surface area contributed by atoms with Crippen molar-refractivity contribution in [1.29, 1.82) is 0 Å². The number of nitrogens with one attached hydrogen (secondary N) is 1. The molecule has 2 aromatic carbocycles. The first-order valence-electron chi connectivity index (χ1n) is 7.06. The second kappa shape index (κ2) is 4.61. The van der Waals surface area contributed by atoms with E-state index in [9.17, 15) is 0 Å². The maximum absolute atomic E-state index is 6.11. The van der Waals surface area contributed by atoms with Gasteiger partial charge in [-0.05, 0) is 58.1 Å². The lowest BCUT2D eigenvalue weighted by Crippen LogP contribution is -2.15. The lowest BCUT2D eigenvalue weighted by Gasteiger charge is -2.01. The van der Waals surface area contributed by atoms with Gasteiger partial charge in [0.1, 0.15) is 11.3 Å². The van der Waals surface area contributed by atoms with Crippen molar-refractivity contribution in [2.45, 2.75) is 32.4 Å². The Morgan fingerprint density at radius 1 is 1.25 bits per heavy atom. The minimum Gasteiger partial charge on any atom is -0.458 e. The van der Waals surface area contributed by atoms with Crippen molar-refractivity contribution in [2.75, 3.05) is 0 Å². The molecule has 1 aliphatic carbocycles. The van der Waals surface area contributed by atoms with Gasteiger partial charge in [0.25, 0.3) is 0 Å². The van der Waals surface area contributed by atoms with Crippen LogP contribution in [0.3, 0.4) is 0 Å². The normalized spacial score (nSPS) is 15.3. The predicted octanol–water partition coefficient (Wildman–Crippen LogP) is 4.91. The highest BCUT2D eigenvalue weighted by Gasteiger charge is 2.22. The summed E-state index contributed by atoms with van der Waals surface area (Å²) in [6, 6.07) is 11.3. The van der Waals surface area contributed by atoms with Crippen molar-refractivity contribution in [3.05, 3.63) is 46.1 Å². The minimum atomic E-state index is 0.699. The summed E-state index contributed by atoms with van der Waals surface area (Å²) in [6.07, 6.45) is 2.60. The number of furan rings is 1. The maximum Gasteiger partial charge on any atom is 0.149 e. The van der Waals surface area contributed by atoms with Crippen molar-refractivity contribution >= 4 is 37.7 Å². The van der Waals surface area contributed by atoms with Crippen LogP contribution >= 0.6 is 15.9 Å². The largest absolute Gasteiger partial charge is 0.458 e. The van der Waals surface area contributed by atoms with Crippen LogP contribution in [0, 0.1) is 6.92 Å². The van der Waals surface area contributed by atoms with Gasteiger partial charge in [-0.3, -0.25) is 0 Å². The van der Waals surface area contributed by atoms with E-state index in [1.807, 2.05) is 0 Å². The molecule has 4 rings (SSSR count). The first-order chi connectivity index (χ1) is 9.74. The molecule has 1 fully saturated rings. The molecule has 0 spiro atoms. The Kier molecular flexibility index (Phi) is 2.86. The molecule has 1 aromatic heterocycles.